The van der Waals surface area contributed by atoms with Crippen LogP contribution in [0.2, 0.25) is 5.15 Å². The molecule has 0 aliphatic carbocycles. The molecule has 1 aromatic rings. The second-order valence-corrected chi connectivity index (χ2v) is 1.62. The maximum Gasteiger partial charge on any atom is 0.273 e. The van der Waals surface area contributed by atoms with E-state index < -0.39 is 0 Å². The Kier molecular flexibility index (Phi) is 1.27. The van der Waals surface area contributed by atoms with E-state index in [1.165, 1.54) is 0 Å². The van der Waals surface area contributed by atoms with E-state index in [-0.39, 0.29) is 0 Å². The predicted molar refractivity (Wildman–Crippen MR) is 28.0 cm³/mol. The normalized spacial score (nSPS) is 8.71. The molecule has 0 fully saturated rings. The number of aromatic amines is 1. The van der Waals surface area contributed by atoms with Gasteiger partial charge >= 0.3 is 0 Å². The smallest absolute Gasteiger partial charge is 0.201 e. The summed E-state index contributed by atoms with van der Waals surface area (Å²) in [5.41, 5.74) is 0. The summed E-state index contributed by atoms with van der Waals surface area (Å²) in [4.78, 5) is 2.80. The van der Waals surface area contributed by atoms with Gasteiger partial charge in [-0.1, -0.05) is 0 Å². The van der Waals surface area contributed by atoms with Crippen molar-refractivity contribution >= 4 is 11.6 Å². The average Bonchev–Trinajstić information content (AvgIpc) is 1.69. The number of hydrogen-bond donors (Lipinski definition) is 0. The van der Waals surface area contributed by atoms with Crippen LogP contribution in [0, 0.1) is 0 Å². The fraction of sp³-hybridized carbons (Fsp3) is 0. The molecular weight excluding hydrogens is 110 g/mol. The molecular formula is C5H5ClN+. The summed E-state index contributed by atoms with van der Waals surface area (Å²) >= 11 is 5.48. The first-order valence-electron chi connectivity index (χ1n) is 2.02. The number of hydrogen-bond acceptors (Lipinski definition) is 0. The van der Waals surface area contributed by atoms with Crippen molar-refractivity contribution in [3.63, 3.8) is 0 Å². The number of rotatable bonds is 0. The van der Waals surface area contributed by atoms with Crippen molar-refractivity contribution in [2.45, 2.75) is 0 Å². The highest BCUT2D eigenvalue weighted by Gasteiger charge is 1.85. The van der Waals surface area contributed by atoms with Gasteiger partial charge in [0.1, 0.15) is 0 Å². The monoisotopic (exact) mass is 114 g/mol. The molecule has 1 N–H and O–H groups in total. The minimum absolute atomic E-state index is 0.669. The van der Waals surface area contributed by atoms with E-state index in [1.807, 2.05) is 12.1 Å². The lowest BCUT2D eigenvalue weighted by molar-refractivity contribution is -0.375. The SMILES string of the molecule is Clc1cccc[nH+]1. The highest BCUT2D eigenvalue weighted by atomic mass is 35.5. The largest absolute Gasteiger partial charge is 0.273 e. The van der Waals surface area contributed by atoms with Gasteiger partial charge in [-0.2, -0.15) is 0 Å². The third kappa shape index (κ3) is 1.16. The molecule has 0 saturated carbocycles. The van der Waals surface area contributed by atoms with E-state index in [1.54, 1.807) is 12.3 Å². The number of pyridine rings is 1. The van der Waals surface area contributed by atoms with Crippen LogP contribution < -0.4 is 4.98 Å². The van der Waals surface area contributed by atoms with Crippen molar-refractivity contribution in [3.05, 3.63) is 29.5 Å². The lowest BCUT2D eigenvalue weighted by atomic mass is 10.5. The maximum absolute atomic E-state index is 5.48. The molecule has 1 nitrogen and oxygen atoms in total. The molecule has 7 heavy (non-hydrogen) atoms. The van der Waals surface area contributed by atoms with Crippen molar-refractivity contribution in [2.24, 2.45) is 0 Å². The highest BCUT2D eigenvalue weighted by molar-refractivity contribution is 6.28. The van der Waals surface area contributed by atoms with Gasteiger partial charge in [0.25, 0.3) is 5.15 Å². The molecule has 0 atom stereocenters. The molecule has 0 spiro atoms. The summed E-state index contributed by atoms with van der Waals surface area (Å²) in [5, 5.41) is 0.669. The highest BCUT2D eigenvalue weighted by Crippen LogP contribution is 1.93. The summed E-state index contributed by atoms with van der Waals surface area (Å²) in [5.74, 6) is 0. The summed E-state index contributed by atoms with van der Waals surface area (Å²) in [7, 11) is 0. The van der Waals surface area contributed by atoms with E-state index in [2.05, 4.69) is 4.98 Å². The van der Waals surface area contributed by atoms with Crippen molar-refractivity contribution in [2.75, 3.05) is 0 Å². The topological polar surface area (TPSA) is 14.1 Å². The molecule has 0 aliphatic rings. The van der Waals surface area contributed by atoms with Gasteiger partial charge in [0.05, 0.1) is 0 Å². The van der Waals surface area contributed by atoms with Gasteiger partial charge in [-0.25, -0.2) is 4.98 Å². The molecule has 36 valence electrons. The van der Waals surface area contributed by atoms with Gasteiger partial charge in [0, 0.05) is 12.1 Å². The van der Waals surface area contributed by atoms with Crippen LogP contribution in [0.5, 0.6) is 0 Å². The predicted octanol–water partition coefficient (Wildman–Crippen LogP) is 1.15. The van der Waals surface area contributed by atoms with Crippen LogP contribution in [0.15, 0.2) is 24.4 Å². The Labute approximate surface area is 47.0 Å². The maximum atomic E-state index is 5.48. The first-order chi connectivity index (χ1) is 3.39. The Morgan fingerprint density at radius 2 is 2.29 bits per heavy atom. The summed E-state index contributed by atoms with van der Waals surface area (Å²) in [6.07, 6.45) is 1.78. The summed E-state index contributed by atoms with van der Waals surface area (Å²) < 4.78 is 0. The summed E-state index contributed by atoms with van der Waals surface area (Å²) in [6.45, 7) is 0. The lowest BCUT2D eigenvalue weighted by Gasteiger charge is -1.71. The van der Waals surface area contributed by atoms with Crippen molar-refractivity contribution in [3.8, 4) is 0 Å². The Morgan fingerprint density at radius 1 is 1.43 bits per heavy atom. The standard InChI is InChI=1S/C5H4ClN/c6-5-3-1-2-4-7-5/h1-4H/p+1. The third-order valence-electron chi connectivity index (χ3n) is 0.671. The second-order valence-electron chi connectivity index (χ2n) is 1.21. The van der Waals surface area contributed by atoms with Crippen molar-refractivity contribution in [1.29, 1.82) is 0 Å². The molecule has 0 bridgehead atoms. The van der Waals surface area contributed by atoms with Gasteiger partial charge < -0.3 is 0 Å². The zero-order valence-electron chi connectivity index (χ0n) is 3.69. The molecule has 0 saturated heterocycles. The van der Waals surface area contributed by atoms with Crippen molar-refractivity contribution < 1.29 is 4.98 Å². The van der Waals surface area contributed by atoms with E-state index in [0.717, 1.165) is 0 Å². The van der Waals surface area contributed by atoms with E-state index in [0.29, 0.717) is 5.15 Å². The average molecular weight is 115 g/mol. The zero-order valence-corrected chi connectivity index (χ0v) is 4.44. The second kappa shape index (κ2) is 1.94. The van der Waals surface area contributed by atoms with Gasteiger partial charge in [0.2, 0.25) is 0 Å². The van der Waals surface area contributed by atoms with Gasteiger partial charge in [0.15, 0.2) is 6.20 Å². The Bertz CT molecular complexity index is 138. The van der Waals surface area contributed by atoms with Gasteiger partial charge in [-0.05, 0) is 17.7 Å². The fourth-order valence-electron chi connectivity index (χ4n) is 0.371. The minimum atomic E-state index is 0.669. The van der Waals surface area contributed by atoms with Crippen LogP contribution in [-0.4, -0.2) is 0 Å². The van der Waals surface area contributed by atoms with Crippen LogP contribution in [0.1, 0.15) is 0 Å². The molecule has 2 heteroatoms. The van der Waals surface area contributed by atoms with Gasteiger partial charge in [-0.15, -0.1) is 0 Å². The Hall–Kier alpha value is -0.560. The number of halogens is 1. The third-order valence-corrected chi connectivity index (χ3v) is 0.906. The molecule has 0 amide bonds. The zero-order chi connectivity index (χ0) is 5.11. The number of nitrogens with one attached hydrogen (secondary N) is 1. The van der Waals surface area contributed by atoms with Crippen LogP contribution in [0.4, 0.5) is 0 Å². The van der Waals surface area contributed by atoms with E-state index >= 15 is 0 Å². The Balaban J connectivity index is 3.02. The molecule has 1 heterocycles. The molecule has 1 rings (SSSR count). The van der Waals surface area contributed by atoms with Crippen molar-refractivity contribution in [1.82, 2.24) is 0 Å². The summed E-state index contributed by atoms with van der Waals surface area (Å²) in [6, 6.07) is 5.55. The first-order valence-corrected chi connectivity index (χ1v) is 2.39. The van der Waals surface area contributed by atoms with Crippen LogP contribution in [0.25, 0.3) is 0 Å². The number of H-pyrrole nitrogens is 1. The quantitative estimate of drug-likeness (QED) is 0.450. The lowest BCUT2D eigenvalue weighted by Crippen LogP contribution is -1.98. The van der Waals surface area contributed by atoms with E-state index in [4.69, 9.17) is 11.6 Å². The number of aromatic nitrogens is 1. The molecule has 0 aliphatic heterocycles. The van der Waals surface area contributed by atoms with Crippen LogP contribution in [-0.2, 0) is 0 Å². The Morgan fingerprint density at radius 3 is 2.57 bits per heavy atom. The molecule has 1 aromatic heterocycles. The van der Waals surface area contributed by atoms with Crippen LogP contribution in [0.3, 0.4) is 0 Å². The molecule has 0 aromatic carbocycles. The van der Waals surface area contributed by atoms with Crippen LogP contribution >= 0.6 is 11.6 Å². The van der Waals surface area contributed by atoms with E-state index in [9.17, 15) is 0 Å². The fourth-order valence-corrected chi connectivity index (χ4v) is 0.507. The first kappa shape index (κ1) is 4.60. The minimum Gasteiger partial charge on any atom is -0.201 e. The molecule has 0 unspecified atom stereocenters. The van der Waals surface area contributed by atoms with Gasteiger partial charge in [-0.3, -0.25) is 0 Å². The molecule has 0 radical (unpaired) electrons.